The lowest BCUT2D eigenvalue weighted by molar-refractivity contribution is 0.215. The lowest BCUT2D eigenvalue weighted by Crippen LogP contribution is -2.02. The zero-order valence-electron chi connectivity index (χ0n) is 12.5. The van der Waals surface area contributed by atoms with Crippen LogP contribution in [0.4, 0.5) is 0 Å². The smallest absolute Gasteiger partial charge is 0.123 e. The fraction of sp³-hybridized carbons (Fsp3) is 0.278. The Labute approximate surface area is 124 Å². The molecule has 21 heavy (non-hydrogen) atoms. The predicted octanol–water partition coefficient (Wildman–Crippen LogP) is 3.61. The highest BCUT2D eigenvalue weighted by Gasteiger charge is 2.18. The van der Waals surface area contributed by atoms with E-state index < -0.39 is 6.10 Å². The first-order valence-electron chi connectivity index (χ1n) is 7.39. The number of aliphatic hydroxyl groups is 1. The predicted molar refractivity (Wildman–Crippen MR) is 85.2 cm³/mol. The Morgan fingerprint density at radius 1 is 1.10 bits per heavy atom. The van der Waals surface area contributed by atoms with Gasteiger partial charge >= 0.3 is 0 Å². The number of aryl methyl sites for hydroxylation is 2. The number of rotatable bonds is 4. The lowest BCUT2D eigenvalue weighted by Gasteiger charge is -2.10. The highest BCUT2D eigenvalue weighted by molar-refractivity contribution is 5.82. The third-order valence-corrected chi connectivity index (χ3v) is 3.88. The Kier molecular flexibility index (Phi) is 3.76. The van der Waals surface area contributed by atoms with E-state index in [2.05, 4.69) is 24.2 Å². The highest BCUT2D eigenvalue weighted by atomic mass is 16.3. The minimum Gasteiger partial charge on any atom is -0.382 e. The van der Waals surface area contributed by atoms with Gasteiger partial charge in [-0.05, 0) is 23.6 Å². The molecule has 3 nitrogen and oxygen atoms in total. The number of aliphatic hydroxyl groups excluding tert-OH is 1. The highest BCUT2D eigenvalue weighted by Crippen LogP contribution is 2.28. The molecule has 1 heterocycles. The Morgan fingerprint density at radius 2 is 1.81 bits per heavy atom. The molecule has 0 saturated carbocycles. The van der Waals surface area contributed by atoms with Crippen LogP contribution in [0.15, 0.2) is 48.5 Å². The largest absolute Gasteiger partial charge is 0.382 e. The van der Waals surface area contributed by atoms with E-state index in [9.17, 15) is 5.11 Å². The van der Waals surface area contributed by atoms with Crippen molar-refractivity contribution in [3.05, 3.63) is 65.4 Å². The van der Waals surface area contributed by atoms with Gasteiger partial charge in [0, 0.05) is 12.4 Å². The van der Waals surface area contributed by atoms with Crippen molar-refractivity contribution < 1.29 is 5.11 Å². The summed E-state index contributed by atoms with van der Waals surface area (Å²) in [5, 5.41) is 16.1. The summed E-state index contributed by atoms with van der Waals surface area (Å²) in [5.74, 6) is 0. The summed E-state index contributed by atoms with van der Waals surface area (Å²) < 4.78 is 1.82. The van der Waals surface area contributed by atoms with Gasteiger partial charge in [0.15, 0.2) is 0 Å². The number of hydrogen-bond acceptors (Lipinski definition) is 2. The fourth-order valence-electron chi connectivity index (χ4n) is 2.76. The van der Waals surface area contributed by atoms with Crippen molar-refractivity contribution >= 4 is 10.9 Å². The molecule has 1 N–H and O–H groups in total. The summed E-state index contributed by atoms with van der Waals surface area (Å²) >= 11 is 0. The SMILES string of the molecule is CCCc1ccc(C(O)c2nn(C)c3ccccc23)cc1. The lowest BCUT2D eigenvalue weighted by atomic mass is 10.0. The van der Waals surface area contributed by atoms with Crippen LogP contribution in [0.5, 0.6) is 0 Å². The molecule has 0 fully saturated rings. The van der Waals surface area contributed by atoms with Crippen LogP contribution in [0.1, 0.15) is 36.3 Å². The summed E-state index contributed by atoms with van der Waals surface area (Å²) in [6.07, 6.45) is 1.52. The second kappa shape index (κ2) is 5.70. The van der Waals surface area contributed by atoms with Crippen molar-refractivity contribution in [2.24, 2.45) is 7.05 Å². The van der Waals surface area contributed by atoms with Crippen molar-refractivity contribution in [1.82, 2.24) is 9.78 Å². The molecule has 1 aromatic heterocycles. The number of benzene rings is 2. The molecule has 0 aliphatic carbocycles. The zero-order chi connectivity index (χ0) is 14.8. The monoisotopic (exact) mass is 280 g/mol. The van der Waals surface area contributed by atoms with Crippen LogP contribution in [0, 0.1) is 0 Å². The number of aromatic nitrogens is 2. The van der Waals surface area contributed by atoms with Crippen molar-refractivity contribution in [3.63, 3.8) is 0 Å². The van der Waals surface area contributed by atoms with Crippen LogP contribution < -0.4 is 0 Å². The summed E-state index contributed by atoms with van der Waals surface area (Å²) in [5.41, 5.74) is 3.95. The van der Waals surface area contributed by atoms with Gasteiger partial charge in [0.25, 0.3) is 0 Å². The van der Waals surface area contributed by atoms with Gasteiger partial charge < -0.3 is 5.11 Å². The quantitative estimate of drug-likeness (QED) is 0.793. The molecule has 0 radical (unpaired) electrons. The van der Waals surface area contributed by atoms with Gasteiger partial charge in [-0.15, -0.1) is 0 Å². The van der Waals surface area contributed by atoms with E-state index >= 15 is 0 Å². The van der Waals surface area contributed by atoms with E-state index in [0.29, 0.717) is 0 Å². The van der Waals surface area contributed by atoms with E-state index in [0.717, 1.165) is 35.0 Å². The van der Waals surface area contributed by atoms with Gasteiger partial charge in [-0.3, -0.25) is 4.68 Å². The van der Waals surface area contributed by atoms with Gasteiger partial charge in [0.1, 0.15) is 11.8 Å². The number of fused-ring (bicyclic) bond motifs is 1. The van der Waals surface area contributed by atoms with E-state index in [1.807, 2.05) is 48.1 Å². The molecule has 1 atom stereocenters. The molecule has 3 rings (SSSR count). The molecule has 0 spiro atoms. The summed E-state index contributed by atoms with van der Waals surface area (Å²) in [4.78, 5) is 0. The normalized spacial score (nSPS) is 12.7. The van der Waals surface area contributed by atoms with Crippen LogP contribution >= 0.6 is 0 Å². The van der Waals surface area contributed by atoms with E-state index in [1.54, 1.807) is 0 Å². The Bertz CT molecular complexity index is 744. The minimum absolute atomic E-state index is 0.688. The molecular weight excluding hydrogens is 260 g/mol. The average Bonchev–Trinajstić information content (AvgIpc) is 2.85. The maximum absolute atomic E-state index is 10.6. The van der Waals surface area contributed by atoms with Gasteiger partial charge in [-0.2, -0.15) is 5.10 Å². The van der Waals surface area contributed by atoms with E-state index in [-0.39, 0.29) is 0 Å². The van der Waals surface area contributed by atoms with Crippen LogP contribution in [0.3, 0.4) is 0 Å². The van der Waals surface area contributed by atoms with Gasteiger partial charge in [-0.1, -0.05) is 55.8 Å². The fourth-order valence-corrected chi connectivity index (χ4v) is 2.76. The molecule has 0 aliphatic rings. The molecule has 3 heteroatoms. The summed E-state index contributed by atoms with van der Waals surface area (Å²) in [6.45, 7) is 2.17. The molecule has 3 aromatic rings. The van der Waals surface area contributed by atoms with Crippen LogP contribution in [-0.2, 0) is 13.5 Å². The molecular formula is C18H20N2O. The van der Waals surface area contributed by atoms with E-state index in [4.69, 9.17) is 0 Å². The number of para-hydroxylation sites is 1. The topological polar surface area (TPSA) is 38.1 Å². The van der Waals surface area contributed by atoms with Gasteiger partial charge in [0.05, 0.1) is 5.52 Å². The Morgan fingerprint density at radius 3 is 2.52 bits per heavy atom. The first-order chi connectivity index (χ1) is 10.2. The molecule has 0 saturated heterocycles. The molecule has 1 unspecified atom stereocenters. The van der Waals surface area contributed by atoms with Crippen molar-refractivity contribution in [1.29, 1.82) is 0 Å². The van der Waals surface area contributed by atoms with E-state index in [1.165, 1.54) is 5.56 Å². The molecule has 108 valence electrons. The first-order valence-corrected chi connectivity index (χ1v) is 7.39. The zero-order valence-corrected chi connectivity index (χ0v) is 12.5. The second-order valence-electron chi connectivity index (χ2n) is 5.42. The Balaban J connectivity index is 1.98. The van der Waals surface area contributed by atoms with Crippen LogP contribution in [0.25, 0.3) is 10.9 Å². The maximum Gasteiger partial charge on any atom is 0.123 e. The minimum atomic E-state index is -0.688. The van der Waals surface area contributed by atoms with Crippen LogP contribution in [0.2, 0.25) is 0 Å². The summed E-state index contributed by atoms with van der Waals surface area (Å²) in [7, 11) is 1.91. The van der Waals surface area contributed by atoms with Crippen molar-refractivity contribution in [3.8, 4) is 0 Å². The number of nitrogens with zero attached hydrogens (tertiary/aromatic N) is 2. The summed E-state index contributed by atoms with van der Waals surface area (Å²) in [6, 6.07) is 16.2. The first kappa shape index (κ1) is 13.8. The molecule has 0 amide bonds. The second-order valence-corrected chi connectivity index (χ2v) is 5.42. The molecule has 2 aromatic carbocycles. The molecule has 0 bridgehead atoms. The number of hydrogen-bond donors (Lipinski definition) is 1. The Hall–Kier alpha value is -2.13. The van der Waals surface area contributed by atoms with Crippen LogP contribution in [-0.4, -0.2) is 14.9 Å². The third kappa shape index (κ3) is 2.57. The average molecular weight is 280 g/mol. The van der Waals surface area contributed by atoms with Crippen molar-refractivity contribution in [2.45, 2.75) is 25.9 Å². The van der Waals surface area contributed by atoms with Crippen molar-refractivity contribution in [2.75, 3.05) is 0 Å². The van der Waals surface area contributed by atoms with Gasteiger partial charge in [0.2, 0.25) is 0 Å². The maximum atomic E-state index is 10.6. The molecule has 0 aliphatic heterocycles. The van der Waals surface area contributed by atoms with Gasteiger partial charge in [-0.25, -0.2) is 0 Å². The third-order valence-electron chi connectivity index (χ3n) is 3.88. The standard InChI is InChI=1S/C18H20N2O/c1-3-6-13-9-11-14(12-10-13)18(21)17-15-7-4-5-8-16(15)20(2)19-17/h4-5,7-12,18,21H,3,6H2,1-2H3.